The quantitative estimate of drug-likeness (QED) is 0.709. The van der Waals surface area contributed by atoms with E-state index in [1.165, 1.54) is 6.07 Å². The van der Waals surface area contributed by atoms with E-state index in [2.05, 4.69) is 16.0 Å². The fraction of sp³-hybridized carbons (Fsp3) is 0.286. The van der Waals surface area contributed by atoms with Crippen LogP contribution in [0.3, 0.4) is 0 Å². The van der Waals surface area contributed by atoms with Gasteiger partial charge in [-0.15, -0.1) is 0 Å². The van der Waals surface area contributed by atoms with Crippen LogP contribution in [0.2, 0.25) is 0 Å². The topological polar surface area (TPSA) is 99.8 Å². The van der Waals surface area contributed by atoms with E-state index >= 15 is 0 Å². The lowest BCUT2D eigenvalue weighted by Crippen LogP contribution is -2.35. The second kappa shape index (κ2) is 8.02. The molecule has 0 spiro atoms. The molecule has 8 nitrogen and oxygen atoms in total. The molecule has 0 fully saturated rings. The van der Waals surface area contributed by atoms with Crippen molar-refractivity contribution in [2.24, 2.45) is 0 Å². The Balaban J connectivity index is 1.81. The average Bonchev–Trinajstić information content (AvgIpc) is 2.61. The van der Waals surface area contributed by atoms with Gasteiger partial charge in [0.1, 0.15) is 11.4 Å². The Labute approximate surface area is 173 Å². The lowest BCUT2D eigenvalue weighted by molar-refractivity contribution is -0.115. The van der Waals surface area contributed by atoms with Crippen LogP contribution < -0.4 is 20.9 Å². The monoisotopic (exact) mass is 414 g/mol. The normalized spacial score (nSPS) is 13.2. The summed E-state index contributed by atoms with van der Waals surface area (Å²) < 4.78 is 19.0. The molecule has 0 bridgehead atoms. The second-order valence-corrected chi connectivity index (χ2v) is 7.91. The van der Waals surface area contributed by atoms with Crippen LogP contribution in [-0.2, 0) is 9.53 Å². The van der Waals surface area contributed by atoms with Crippen LogP contribution >= 0.6 is 0 Å². The van der Waals surface area contributed by atoms with Crippen molar-refractivity contribution in [1.29, 1.82) is 0 Å². The SMILES string of the molecule is CN1CC(=O)Nc2cc(C(=O)Nc3cc(F)ccc3NC(=O)OC(C)(C)C)ccc21. The van der Waals surface area contributed by atoms with Crippen molar-refractivity contribution in [3.63, 3.8) is 0 Å². The van der Waals surface area contributed by atoms with Crippen molar-refractivity contribution in [3.8, 4) is 0 Å². The number of carbonyl (C=O) groups excluding carboxylic acids is 3. The fourth-order valence-electron chi connectivity index (χ4n) is 2.94. The fourth-order valence-corrected chi connectivity index (χ4v) is 2.94. The van der Waals surface area contributed by atoms with Crippen molar-refractivity contribution in [2.75, 3.05) is 34.4 Å². The molecule has 0 saturated carbocycles. The number of likely N-dealkylation sites (N-methyl/N-ethyl adjacent to an activating group) is 1. The maximum absolute atomic E-state index is 13.8. The number of nitrogens with one attached hydrogen (secondary N) is 3. The maximum Gasteiger partial charge on any atom is 0.412 e. The van der Waals surface area contributed by atoms with Gasteiger partial charge in [-0.3, -0.25) is 14.9 Å². The van der Waals surface area contributed by atoms with Crippen molar-refractivity contribution >= 4 is 40.7 Å². The van der Waals surface area contributed by atoms with Crippen LogP contribution in [0.15, 0.2) is 36.4 Å². The third-order valence-corrected chi connectivity index (χ3v) is 4.19. The van der Waals surface area contributed by atoms with E-state index in [9.17, 15) is 18.8 Å². The Morgan fingerprint density at radius 2 is 1.83 bits per heavy atom. The summed E-state index contributed by atoms with van der Waals surface area (Å²) >= 11 is 0. The highest BCUT2D eigenvalue weighted by Gasteiger charge is 2.22. The lowest BCUT2D eigenvalue weighted by Gasteiger charge is -2.27. The van der Waals surface area contributed by atoms with E-state index < -0.39 is 23.4 Å². The van der Waals surface area contributed by atoms with Gasteiger partial charge in [-0.25, -0.2) is 9.18 Å². The first-order valence-electron chi connectivity index (χ1n) is 9.28. The molecule has 0 radical (unpaired) electrons. The molecule has 9 heteroatoms. The van der Waals surface area contributed by atoms with Gasteiger partial charge in [0.25, 0.3) is 5.91 Å². The lowest BCUT2D eigenvalue weighted by atomic mass is 10.1. The number of hydrogen-bond donors (Lipinski definition) is 3. The number of ether oxygens (including phenoxy) is 1. The zero-order valence-corrected chi connectivity index (χ0v) is 17.1. The molecule has 2 aromatic carbocycles. The minimum absolute atomic E-state index is 0.0738. The number of carbonyl (C=O) groups is 3. The Kier molecular flexibility index (Phi) is 5.64. The molecule has 1 heterocycles. The first-order valence-corrected chi connectivity index (χ1v) is 9.28. The van der Waals surface area contributed by atoms with Crippen molar-refractivity contribution in [3.05, 3.63) is 47.8 Å². The van der Waals surface area contributed by atoms with Gasteiger partial charge >= 0.3 is 6.09 Å². The minimum Gasteiger partial charge on any atom is -0.444 e. The van der Waals surface area contributed by atoms with Crippen LogP contribution in [0.25, 0.3) is 0 Å². The molecule has 158 valence electrons. The van der Waals surface area contributed by atoms with E-state index in [0.717, 1.165) is 17.8 Å². The largest absolute Gasteiger partial charge is 0.444 e. The predicted molar refractivity (Wildman–Crippen MR) is 113 cm³/mol. The zero-order valence-electron chi connectivity index (χ0n) is 17.1. The Hall–Kier alpha value is -3.62. The molecule has 3 N–H and O–H groups in total. The Morgan fingerprint density at radius 1 is 1.10 bits per heavy atom. The molecule has 0 saturated heterocycles. The third-order valence-electron chi connectivity index (χ3n) is 4.19. The molecule has 0 aliphatic carbocycles. The zero-order chi connectivity index (χ0) is 22.1. The van der Waals surface area contributed by atoms with Crippen LogP contribution in [0.4, 0.5) is 31.9 Å². The van der Waals surface area contributed by atoms with Gasteiger partial charge < -0.3 is 20.3 Å². The van der Waals surface area contributed by atoms with Gasteiger partial charge in [0.15, 0.2) is 0 Å². The second-order valence-electron chi connectivity index (χ2n) is 7.91. The summed E-state index contributed by atoms with van der Waals surface area (Å²) in [5.74, 6) is -1.30. The highest BCUT2D eigenvalue weighted by atomic mass is 19.1. The minimum atomic E-state index is -0.732. The Morgan fingerprint density at radius 3 is 2.53 bits per heavy atom. The van der Waals surface area contributed by atoms with Gasteiger partial charge in [0.2, 0.25) is 5.91 Å². The number of amides is 3. The van der Waals surface area contributed by atoms with Gasteiger partial charge in [0, 0.05) is 12.6 Å². The summed E-state index contributed by atoms with van der Waals surface area (Å²) in [6.45, 7) is 5.37. The summed E-state index contributed by atoms with van der Waals surface area (Å²) in [4.78, 5) is 38.3. The van der Waals surface area contributed by atoms with Crippen LogP contribution in [0.5, 0.6) is 0 Å². The van der Waals surface area contributed by atoms with Crippen LogP contribution in [0.1, 0.15) is 31.1 Å². The molecule has 3 rings (SSSR count). The molecule has 2 aromatic rings. The number of fused-ring (bicyclic) bond motifs is 1. The molecule has 0 unspecified atom stereocenters. The van der Waals surface area contributed by atoms with Crippen LogP contribution in [0, 0.1) is 5.82 Å². The van der Waals surface area contributed by atoms with Gasteiger partial charge in [0.05, 0.1) is 29.3 Å². The molecule has 1 aliphatic heterocycles. The number of hydrogen-bond acceptors (Lipinski definition) is 5. The summed E-state index contributed by atoms with van der Waals surface area (Å²) in [6, 6.07) is 8.44. The molecule has 3 amide bonds. The molecule has 0 atom stereocenters. The molecule has 30 heavy (non-hydrogen) atoms. The average molecular weight is 414 g/mol. The summed E-state index contributed by atoms with van der Waals surface area (Å²) in [5, 5.41) is 7.82. The van der Waals surface area contributed by atoms with Crippen LogP contribution in [-0.4, -0.2) is 37.1 Å². The summed E-state index contributed by atoms with van der Waals surface area (Å²) in [7, 11) is 1.78. The summed E-state index contributed by atoms with van der Waals surface area (Å²) in [5.41, 5.74) is 1.09. The third kappa shape index (κ3) is 5.05. The first-order chi connectivity index (χ1) is 14.0. The number of benzene rings is 2. The van der Waals surface area contributed by atoms with Crippen molar-refractivity contribution in [2.45, 2.75) is 26.4 Å². The number of nitrogens with zero attached hydrogens (tertiary/aromatic N) is 1. The van der Waals surface area contributed by atoms with Gasteiger partial charge in [-0.2, -0.15) is 0 Å². The van der Waals surface area contributed by atoms with Crippen molar-refractivity contribution in [1.82, 2.24) is 0 Å². The smallest absolute Gasteiger partial charge is 0.412 e. The van der Waals surface area contributed by atoms with E-state index in [1.54, 1.807) is 50.9 Å². The van der Waals surface area contributed by atoms with Crippen molar-refractivity contribution < 1.29 is 23.5 Å². The molecule has 0 aromatic heterocycles. The predicted octanol–water partition coefficient (Wildman–Crippen LogP) is 3.81. The van der Waals surface area contributed by atoms with E-state index in [-0.39, 0.29) is 29.4 Å². The number of anilines is 4. The maximum atomic E-state index is 13.8. The van der Waals surface area contributed by atoms with E-state index in [0.29, 0.717) is 5.69 Å². The first kappa shape index (κ1) is 21.1. The highest BCUT2D eigenvalue weighted by Crippen LogP contribution is 2.30. The standard InChI is InChI=1S/C21H23FN4O4/c1-21(2,3)30-20(29)25-14-7-6-13(22)10-15(14)24-19(28)12-5-8-17-16(9-12)23-18(27)11-26(17)4/h5-10H,11H2,1-4H3,(H,23,27)(H,24,28)(H,25,29). The highest BCUT2D eigenvalue weighted by molar-refractivity contribution is 6.09. The number of rotatable bonds is 3. The number of halogens is 1. The van der Waals surface area contributed by atoms with E-state index in [4.69, 9.17) is 4.74 Å². The van der Waals surface area contributed by atoms with Gasteiger partial charge in [-0.05, 0) is 57.2 Å². The molecule has 1 aliphatic rings. The van der Waals surface area contributed by atoms with E-state index in [1.807, 2.05) is 0 Å². The summed E-state index contributed by atoms with van der Waals surface area (Å²) in [6.07, 6.45) is -0.732. The van der Waals surface area contributed by atoms with Gasteiger partial charge in [-0.1, -0.05) is 0 Å². The molecular formula is C21H23FN4O4. The Bertz CT molecular complexity index is 1020. The molecular weight excluding hydrogens is 391 g/mol.